The standard InChI is InChI=1S/C26H32/c1-3-4-5-6-22-13-17-25(18-14-22)26-19-15-24(16-20-26)12-11-23-9-7-21(2)8-10-23/h7-10,15-16,19-20,22,25H,3-6,13-14,17-18H2,1-2H3. The topological polar surface area (TPSA) is 0 Å². The van der Waals surface area contributed by atoms with E-state index in [0.29, 0.717) is 0 Å². The van der Waals surface area contributed by atoms with Crippen LogP contribution < -0.4 is 0 Å². The van der Waals surface area contributed by atoms with Crippen LogP contribution >= 0.6 is 0 Å². The predicted octanol–water partition coefficient (Wildman–Crippen LogP) is 7.25. The summed E-state index contributed by atoms with van der Waals surface area (Å²) in [5.41, 5.74) is 4.99. The van der Waals surface area contributed by atoms with E-state index in [-0.39, 0.29) is 0 Å². The van der Waals surface area contributed by atoms with Crippen molar-refractivity contribution in [3.05, 3.63) is 70.8 Å². The van der Waals surface area contributed by atoms with E-state index in [2.05, 4.69) is 74.2 Å². The van der Waals surface area contributed by atoms with E-state index >= 15 is 0 Å². The Morgan fingerprint density at radius 3 is 1.92 bits per heavy atom. The van der Waals surface area contributed by atoms with Crippen molar-refractivity contribution in [3.8, 4) is 11.8 Å². The van der Waals surface area contributed by atoms with E-state index in [0.717, 1.165) is 23.0 Å². The second kappa shape index (κ2) is 9.63. The highest BCUT2D eigenvalue weighted by Gasteiger charge is 2.21. The first-order valence-corrected chi connectivity index (χ1v) is 10.4. The van der Waals surface area contributed by atoms with Gasteiger partial charge in [-0.3, -0.25) is 0 Å². The largest absolute Gasteiger partial charge is 0.0654 e. The Balaban J connectivity index is 1.53. The van der Waals surface area contributed by atoms with Gasteiger partial charge in [0.1, 0.15) is 0 Å². The summed E-state index contributed by atoms with van der Waals surface area (Å²) >= 11 is 0. The van der Waals surface area contributed by atoms with Crippen LogP contribution in [0.25, 0.3) is 0 Å². The molecule has 0 saturated heterocycles. The SMILES string of the molecule is CCCCCC1CCC(c2ccc(C#Cc3ccc(C)cc3)cc2)CC1. The van der Waals surface area contributed by atoms with Crippen molar-refractivity contribution in [2.24, 2.45) is 5.92 Å². The van der Waals surface area contributed by atoms with E-state index in [1.807, 2.05) is 0 Å². The summed E-state index contributed by atoms with van der Waals surface area (Å²) < 4.78 is 0. The number of hydrogen-bond acceptors (Lipinski definition) is 0. The van der Waals surface area contributed by atoms with Gasteiger partial charge >= 0.3 is 0 Å². The third kappa shape index (κ3) is 5.50. The van der Waals surface area contributed by atoms with Gasteiger partial charge in [-0.1, -0.05) is 74.3 Å². The summed E-state index contributed by atoms with van der Waals surface area (Å²) in [6.07, 6.45) is 11.2. The number of benzene rings is 2. The molecule has 0 aliphatic heterocycles. The Morgan fingerprint density at radius 2 is 1.35 bits per heavy atom. The molecule has 26 heavy (non-hydrogen) atoms. The molecule has 0 bridgehead atoms. The molecule has 0 aromatic heterocycles. The average molecular weight is 345 g/mol. The van der Waals surface area contributed by atoms with Gasteiger partial charge < -0.3 is 0 Å². The molecule has 0 atom stereocenters. The first-order valence-electron chi connectivity index (χ1n) is 10.4. The molecule has 1 aliphatic rings. The molecule has 3 rings (SSSR count). The smallest absolute Gasteiger partial charge is 0.0249 e. The maximum atomic E-state index is 3.30. The van der Waals surface area contributed by atoms with Crippen molar-refractivity contribution < 1.29 is 0 Å². The predicted molar refractivity (Wildman–Crippen MR) is 112 cm³/mol. The first kappa shape index (κ1) is 18.8. The van der Waals surface area contributed by atoms with Crippen molar-refractivity contribution in [3.63, 3.8) is 0 Å². The van der Waals surface area contributed by atoms with E-state index in [9.17, 15) is 0 Å². The van der Waals surface area contributed by atoms with Gasteiger partial charge in [0.25, 0.3) is 0 Å². The van der Waals surface area contributed by atoms with E-state index in [4.69, 9.17) is 0 Å². The first-order chi connectivity index (χ1) is 12.7. The Labute approximate surface area is 160 Å². The molecular weight excluding hydrogens is 312 g/mol. The molecule has 0 spiro atoms. The fraction of sp³-hybridized carbons (Fsp3) is 0.462. The lowest BCUT2D eigenvalue weighted by atomic mass is 9.77. The monoisotopic (exact) mass is 344 g/mol. The molecule has 2 aromatic rings. The molecule has 0 N–H and O–H groups in total. The van der Waals surface area contributed by atoms with Crippen molar-refractivity contribution in [2.75, 3.05) is 0 Å². The second-order valence-electron chi connectivity index (χ2n) is 7.95. The summed E-state index contributed by atoms with van der Waals surface area (Å²) in [5, 5.41) is 0. The maximum Gasteiger partial charge on any atom is 0.0249 e. The maximum absolute atomic E-state index is 3.30. The summed E-state index contributed by atoms with van der Waals surface area (Å²) in [5.74, 6) is 8.31. The molecule has 1 saturated carbocycles. The molecule has 0 heterocycles. The van der Waals surface area contributed by atoms with Crippen LogP contribution in [0.5, 0.6) is 0 Å². The van der Waals surface area contributed by atoms with Crippen molar-refractivity contribution in [2.45, 2.75) is 71.1 Å². The van der Waals surface area contributed by atoms with Gasteiger partial charge in [0.2, 0.25) is 0 Å². The Bertz CT molecular complexity index is 716. The van der Waals surface area contributed by atoms with Crippen molar-refractivity contribution in [1.29, 1.82) is 0 Å². The van der Waals surface area contributed by atoms with Crippen LogP contribution in [0.1, 0.15) is 86.5 Å². The lowest BCUT2D eigenvalue weighted by Gasteiger charge is -2.29. The van der Waals surface area contributed by atoms with E-state index < -0.39 is 0 Å². The number of hydrogen-bond donors (Lipinski definition) is 0. The van der Waals surface area contributed by atoms with Crippen LogP contribution in [0.15, 0.2) is 48.5 Å². The average Bonchev–Trinajstić information content (AvgIpc) is 2.69. The number of unbranched alkanes of at least 4 members (excludes halogenated alkanes) is 2. The number of rotatable bonds is 5. The number of aryl methyl sites for hydroxylation is 1. The third-order valence-electron chi connectivity index (χ3n) is 5.85. The molecule has 0 unspecified atom stereocenters. The molecule has 1 fully saturated rings. The fourth-order valence-corrected chi connectivity index (χ4v) is 4.09. The highest BCUT2D eigenvalue weighted by molar-refractivity contribution is 5.44. The van der Waals surface area contributed by atoms with Crippen LogP contribution in [0.4, 0.5) is 0 Å². The van der Waals surface area contributed by atoms with Crippen LogP contribution in [-0.4, -0.2) is 0 Å². The summed E-state index contributed by atoms with van der Waals surface area (Å²) in [7, 11) is 0. The molecule has 1 aliphatic carbocycles. The van der Waals surface area contributed by atoms with Gasteiger partial charge in [-0.05, 0) is 74.3 Å². The van der Waals surface area contributed by atoms with Gasteiger partial charge in [-0.25, -0.2) is 0 Å². The summed E-state index contributed by atoms with van der Waals surface area (Å²) in [6, 6.07) is 17.4. The minimum Gasteiger partial charge on any atom is -0.0654 e. The zero-order valence-corrected chi connectivity index (χ0v) is 16.4. The van der Waals surface area contributed by atoms with Crippen LogP contribution in [0.3, 0.4) is 0 Å². The minimum atomic E-state index is 0.761. The van der Waals surface area contributed by atoms with E-state index in [1.54, 1.807) is 0 Å². The fourth-order valence-electron chi connectivity index (χ4n) is 4.09. The van der Waals surface area contributed by atoms with Crippen LogP contribution in [0, 0.1) is 24.7 Å². The molecule has 0 amide bonds. The van der Waals surface area contributed by atoms with Gasteiger partial charge in [-0.15, -0.1) is 0 Å². The molecular formula is C26H32. The Hall–Kier alpha value is -2.00. The molecule has 2 aromatic carbocycles. The molecule has 0 nitrogen and oxygen atoms in total. The minimum absolute atomic E-state index is 0.761. The van der Waals surface area contributed by atoms with E-state index in [1.165, 1.54) is 62.5 Å². The van der Waals surface area contributed by atoms with Crippen LogP contribution in [0.2, 0.25) is 0 Å². The highest BCUT2D eigenvalue weighted by Crippen LogP contribution is 2.37. The highest BCUT2D eigenvalue weighted by atomic mass is 14.3. The normalized spacial score (nSPS) is 19.6. The quantitative estimate of drug-likeness (QED) is 0.396. The lowest BCUT2D eigenvalue weighted by molar-refractivity contribution is 0.303. The second-order valence-corrected chi connectivity index (χ2v) is 7.95. The Kier molecular flexibility index (Phi) is 6.96. The Morgan fingerprint density at radius 1 is 0.769 bits per heavy atom. The van der Waals surface area contributed by atoms with Gasteiger partial charge in [-0.2, -0.15) is 0 Å². The lowest BCUT2D eigenvalue weighted by Crippen LogP contribution is -2.13. The van der Waals surface area contributed by atoms with Gasteiger partial charge in [0.05, 0.1) is 0 Å². The summed E-state index contributed by atoms with van der Waals surface area (Å²) in [4.78, 5) is 0. The third-order valence-corrected chi connectivity index (χ3v) is 5.85. The van der Waals surface area contributed by atoms with Gasteiger partial charge in [0, 0.05) is 11.1 Å². The molecule has 0 radical (unpaired) electrons. The molecule has 0 heteroatoms. The van der Waals surface area contributed by atoms with Gasteiger partial charge in [0.15, 0.2) is 0 Å². The van der Waals surface area contributed by atoms with Crippen molar-refractivity contribution in [1.82, 2.24) is 0 Å². The van der Waals surface area contributed by atoms with Crippen LogP contribution in [-0.2, 0) is 0 Å². The zero-order chi connectivity index (χ0) is 18.2. The van der Waals surface area contributed by atoms with Crippen molar-refractivity contribution >= 4 is 0 Å². The summed E-state index contributed by atoms with van der Waals surface area (Å²) in [6.45, 7) is 4.40. The molecule has 136 valence electrons. The zero-order valence-electron chi connectivity index (χ0n) is 16.4.